The van der Waals surface area contributed by atoms with E-state index in [1.807, 2.05) is 0 Å². The van der Waals surface area contributed by atoms with Crippen molar-refractivity contribution in [1.29, 1.82) is 0 Å². The van der Waals surface area contributed by atoms with Crippen molar-refractivity contribution in [1.82, 2.24) is 0 Å². The van der Waals surface area contributed by atoms with Crippen LogP contribution in [0.4, 0.5) is 15.8 Å². The van der Waals surface area contributed by atoms with Crippen LogP contribution in [0.3, 0.4) is 0 Å². The first kappa shape index (κ1) is 16.2. The van der Waals surface area contributed by atoms with Gasteiger partial charge in [0.2, 0.25) is 0 Å². The smallest absolute Gasteiger partial charge is 0.275 e. The Bertz CT molecular complexity index is 838. The Hall–Kier alpha value is -2.19. The lowest BCUT2D eigenvalue weighted by Gasteiger charge is -2.09. The lowest BCUT2D eigenvalue weighted by Crippen LogP contribution is -2.13. The molecular weight excluding hydrogens is 335 g/mol. The number of nitro groups is 1. The second-order valence-corrected chi connectivity index (χ2v) is 6.51. The van der Waals surface area contributed by atoms with Gasteiger partial charge in [0.1, 0.15) is 5.82 Å². The Morgan fingerprint density at radius 1 is 1.23 bits per heavy atom. The summed E-state index contributed by atoms with van der Waals surface area (Å²) in [6.45, 7) is 1.42. The third-order valence-electron chi connectivity index (χ3n) is 2.89. The Balaban J connectivity index is 2.45. The van der Waals surface area contributed by atoms with Gasteiger partial charge in [0, 0.05) is 17.3 Å². The summed E-state index contributed by atoms with van der Waals surface area (Å²) < 4.78 is 39.5. The number of benzene rings is 2. The molecular formula is C13H10ClFN2O4S. The van der Waals surface area contributed by atoms with Crippen LogP contribution in [0.25, 0.3) is 0 Å². The van der Waals surface area contributed by atoms with E-state index in [-0.39, 0.29) is 21.2 Å². The van der Waals surface area contributed by atoms with E-state index in [0.29, 0.717) is 0 Å². The number of hydrogen-bond donors (Lipinski definition) is 1. The zero-order valence-corrected chi connectivity index (χ0v) is 12.8. The molecule has 0 spiro atoms. The quantitative estimate of drug-likeness (QED) is 0.679. The summed E-state index contributed by atoms with van der Waals surface area (Å²) in [4.78, 5) is 9.88. The molecule has 0 heterocycles. The Morgan fingerprint density at radius 3 is 2.36 bits per heavy atom. The van der Waals surface area contributed by atoms with Crippen molar-refractivity contribution in [2.75, 3.05) is 4.72 Å². The molecule has 9 heteroatoms. The van der Waals surface area contributed by atoms with Crippen LogP contribution in [-0.4, -0.2) is 13.3 Å². The molecule has 0 unspecified atom stereocenters. The van der Waals surface area contributed by atoms with Crippen molar-refractivity contribution in [3.8, 4) is 0 Å². The van der Waals surface area contributed by atoms with Gasteiger partial charge in [0.25, 0.3) is 15.7 Å². The van der Waals surface area contributed by atoms with Crippen LogP contribution >= 0.6 is 11.6 Å². The van der Waals surface area contributed by atoms with Crippen LogP contribution in [0.1, 0.15) is 5.56 Å². The molecule has 6 nitrogen and oxygen atoms in total. The van der Waals surface area contributed by atoms with Crippen LogP contribution in [0.15, 0.2) is 41.3 Å². The summed E-state index contributed by atoms with van der Waals surface area (Å²) in [5.41, 5.74) is -0.0971. The lowest BCUT2D eigenvalue weighted by molar-refractivity contribution is -0.385. The molecule has 22 heavy (non-hydrogen) atoms. The lowest BCUT2D eigenvalue weighted by atomic mass is 10.2. The first-order valence-corrected chi connectivity index (χ1v) is 7.80. The number of sulfonamides is 1. The Morgan fingerprint density at radius 2 is 1.82 bits per heavy atom. The van der Waals surface area contributed by atoms with Crippen LogP contribution in [0.5, 0.6) is 0 Å². The highest BCUT2D eigenvalue weighted by molar-refractivity contribution is 7.92. The molecule has 0 amide bonds. The minimum atomic E-state index is -4.08. The van der Waals surface area contributed by atoms with Crippen LogP contribution in [0, 0.1) is 22.9 Å². The van der Waals surface area contributed by atoms with Gasteiger partial charge in [-0.3, -0.25) is 14.8 Å². The SMILES string of the molecule is Cc1c(Cl)cc(S(=O)(=O)Nc2ccc(F)cc2)cc1[N+](=O)[O-]. The third-order valence-corrected chi connectivity index (χ3v) is 4.65. The van der Waals surface area contributed by atoms with Gasteiger partial charge in [-0.15, -0.1) is 0 Å². The molecule has 0 fully saturated rings. The van der Waals surface area contributed by atoms with Crippen molar-refractivity contribution in [2.24, 2.45) is 0 Å². The van der Waals surface area contributed by atoms with Gasteiger partial charge in [-0.2, -0.15) is 0 Å². The number of halogens is 2. The van der Waals surface area contributed by atoms with E-state index < -0.39 is 26.5 Å². The predicted molar refractivity (Wildman–Crippen MR) is 80.1 cm³/mol. The van der Waals surface area contributed by atoms with Crippen LogP contribution in [-0.2, 0) is 10.0 Å². The van der Waals surface area contributed by atoms with E-state index in [1.54, 1.807) is 0 Å². The van der Waals surface area contributed by atoms with Crippen molar-refractivity contribution in [3.05, 3.63) is 62.9 Å². The molecule has 0 aliphatic heterocycles. The van der Waals surface area contributed by atoms with Crippen LogP contribution in [0.2, 0.25) is 5.02 Å². The minimum Gasteiger partial charge on any atom is -0.280 e. The van der Waals surface area contributed by atoms with Gasteiger partial charge in [-0.1, -0.05) is 11.6 Å². The van der Waals surface area contributed by atoms with Crippen molar-refractivity contribution in [3.63, 3.8) is 0 Å². The number of nitrogens with one attached hydrogen (secondary N) is 1. The predicted octanol–water partition coefficient (Wildman–Crippen LogP) is 3.50. The van der Waals surface area contributed by atoms with Gasteiger partial charge >= 0.3 is 0 Å². The monoisotopic (exact) mass is 344 g/mol. The van der Waals surface area contributed by atoms with E-state index in [9.17, 15) is 22.9 Å². The molecule has 0 aromatic heterocycles. The number of hydrogen-bond acceptors (Lipinski definition) is 4. The Kier molecular flexibility index (Phi) is 4.34. The minimum absolute atomic E-state index is 0.0336. The van der Waals surface area contributed by atoms with Gasteiger partial charge in [0.15, 0.2) is 0 Å². The summed E-state index contributed by atoms with van der Waals surface area (Å²) in [7, 11) is -4.08. The van der Waals surface area contributed by atoms with Crippen molar-refractivity contribution >= 4 is 33.0 Å². The fourth-order valence-corrected chi connectivity index (χ4v) is 3.10. The molecule has 0 aliphatic carbocycles. The molecule has 2 rings (SSSR count). The highest BCUT2D eigenvalue weighted by Gasteiger charge is 2.22. The van der Waals surface area contributed by atoms with Gasteiger partial charge < -0.3 is 0 Å². The maximum absolute atomic E-state index is 12.8. The highest BCUT2D eigenvalue weighted by atomic mass is 35.5. The normalized spacial score (nSPS) is 11.2. The molecule has 0 saturated heterocycles. The molecule has 2 aromatic carbocycles. The van der Waals surface area contributed by atoms with Gasteiger partial charge in [0.05, 0.1) is 14.8 Å². The number of nitrogens with zero attached hydrogens (tertiary/aromatic N) is 1. The third kappa shape index (κ3) is 3.34. The Labute approximate surface area is 130 Å². The highest BCUT2D eigenvalue weighted by Crippen LogP contribution is 2.30. The van der Waals surface area contributed by atoms with Crippen molar-refractivity contribution < 1.29 is 17.7 Å². The van der Waals surface area contributed by atoms with E-state index in [1.165, 1.54) is 19.1 Å². The fraction of sp³-hybridized carbons (Fsp3) is 0.0769. The number of anilines is 1. The molecule has 116 valence electrons. The summed E-state index contributed by atoms with van der Waals surface area (Å²) >= 11 is 5.85. The number of rotatable bonds is 4. The maximum Gasteiger partial charge on any atom is 0.275 e. The van der Waals surface area contributed by atoms with Gasteiger partial charge in [-0.25, -0.2) is 12.8 Å². The summed E-state index contributed by atoms with van der Waals surface area (Å²) in [5, 5.41) is 10.9. The van der Waals surface area contributed by atoms with E-state index in [2.05, 4.69) is 4.72 Å². The molecule has 0 aliphatic rings. The largest absolute Gasteiger partial charge is 0.280 e. The average molecular weight is 345 g/mol. The topological polar surface area (TPSA) is 89.3 Å². The molecule has 0 bridgehead atoms. The van der Waals surface area contributed by atoms with Crippen LogP contribution < -0.4 is 4.72 Å². The van der Waals surface area contributed by atoms with E-state index >= 15 is 0 Å². The molecule has 0 saturated carbocycles. The van der Waals surface area contributed by atoms with Gasteiger partial charge in [-0.05, 0) is 37.3 Å². The molecule has 0 radical (unpaired) electrons. The zero-order valence-electron chi connectivity index (χ0n) is 11.2. The first-order valence-electron chi connectivity index (χ1n) is 5.93. The maximum atomic E-state index is 12.8. The van der Waals surface area contributed by atoms with E-state index in [4.69, 9.17) is 11.6 Å². The number of nitro benzene ring substituents is 1. The fourth-order valence-electron chi connectivity index (χ4n) is 1.72. The average Bonchev–Trinajstić information content (AvgIpc) is 2.43. The summed E-state index contributed by atoms with van der Waals surface area (Å²) in [5.74, 6) is -0.517. The van der Waals surface area contributed by atoms with E-state index in [0.717, 1.165) is 24.3 Å². The first-order chi connectivity index (χ1) is 10.2. The molecule has 2 aromatic rings. The standard InChI is InChI=1S/C13H10ClFN2O4S/c1-8-12(14)6-11(7-13(8)17(18)19)22(20,21)16-10-4-2-9(15)3-5-10/h2-7,16H,1H3. The zero-order chi connectivity index (χ0) is 16.5. The summed E-state index contributed by atoms with van der Waals surface area (Å²) in [6.07, 6.45) is 0. The molecule has 0 atom stereocenters. The molecule has 1 N–H and O–H groups in total. The van der Waals surface area contributed by atoms with Crippen molar-refractivity contribution in [2.45, 2.75) is 11.8 Å². The second kappa shape index (κ2) is 5.90. The second-order valence-electron chi connectivity index (χ2n) is 4.42. The summed E-state index contributed by atoms with van der Waals surface area (Å²) in [6, 6.07) is 6.68.